The summed E-state index contributed by atoms with van der Waals surface area (Å²) >= 11 is 0. The molecule has 0 aliphatic heterocycles. The molecule has 0 aromatic heterocycles. The van der Waals surface area contributed by atoms with Crippen LogP contribution in [0.4, 0.5) is 11.4 Å². The number of hydrogen-bond acceptors (Lipinski definition) is 5. The smallest absolute Gasteiger partial charge is 0.255 e. The molecule has 156 valence electrons. The van der Waals surface area contributed by atoms with Crippen molar-refractivity contribution in [2.75, 3.05) is 30.9 Å². The van der Waals surface area contributed by atoms with Crippen LogP contribution < -0.4 is 15.4 Å². The van der Waals surface area contributed by atoms with E-state index in [2.05, 4.69) is 15.4 Å². The second-order valence-electron chi connectivity index (χ2n) is 6.20. The zero-order valence-corrected chi connectivity index (χ0v) is 17.2. The van der Waals surface area contributed by atoms with Crippen LogP contribution in [0.25, 0.3) is 0 Å². The van der Waals surface area contributed by atoms with E-state index in [9.17, 15) is 18.0 Å². The third kappa shape index (κ3) is 6.97. The van der Waals surface area contributed by atoms with Gasteiger partial charge in [-0.1, -0.05) is 6.92 Å². The molecule has 2 aromatic carbocycles. The maximum absolute atomic E-state index is 12.3. The quantitative estimate of drug-likeness (QED) is 0.512. The first kappa shape index (κ1) is 22.5. The van der Waals surface area contributed by atoms with Crippen LogP contribution >= 0.6 is 0 Å². The van der Waals surface area contributed by atoms with Crippen LogP contribution in [0, 0.1) is 0 Å². The van der Waals surface area contributed by atoms with Crippen molar-refractivity contribution in [2.45, 2.75) is 24.7 Å². The Labute approximate surface area is 170 Å². The lowest BCUT2D eigenvalue weighted by molar-refractivity contribution is -0.115. The Kier molecular flexibility index (Phi) is 8.32. The summed E-state index contributed by atoms with van der Waals surface area (Å²) in [6, 6.07) is 12.4. The fraction of sp³-hybridized carbons (Fsp3) is 0.300. The summed E-state index contributed by atoms with van der Waals surface area (Å²) < 4.78 is 31.8. The first-order valence-corrected chi connectivity index (χ1v) is 10.6. The lowest BCUT2D eigenvalue weighted by Crippen LogP contribution is -2.25. The van der Waals surface area contributed by atoms with Crippen LogP contribution in [0.2, 0.25) is 0 Å². The monoisotopic (exact) mass is 419 g/mol. The van der Waals surface area contributed by atoms with Gasteiger partial charge >= 0.3 is 0 Å². The van der Waals surface area contributed by atoms with Gasteiger partial charge in [0.1, 0.15) is 0 Å². The lowest BCUT2D eigenvalue weighted by atomic mass is 10.2. The minimum Gasteiger partial charge on any atom is -0.385 e. The number of sulfonamides is 1. The average Bonchev–Trinajstić information content (AvgIpc) is 2.72. The van der Waals surface area contributed by atoms with E-state index in [4.69, 9.17) is 4.74 Å². The van der Waals surface area contributed by atoms with Crippen molar-refractivity contribution < 1.29 is 22.7 Å². The molecule has 0 spiro atoms. The number of nitrogens with one attached hydrogen (secondary N) is 3. The van der Waals surface area contributed by atoms with Gasteiger partial charge in [0.05, 0.1) is 4.90 Å². The van der Waals surface area contributed by atoms with Crippen molar-refractivity contribution in [3.05, 3.63) is 54.1 Å². The third-order valence-electron chi connectivity index (χ3n) is 3.99. The summed E-state index contributed by atoms with van der Waals surface area (Å²) in [6.45, 7) is 2.51. The number of rotatable bonds is 10. The summed E-state index contributed by atoms with van der Waals surface area (Å²) in [5.74, 6) is -0.447. The van der Waals surface area contributed by atoms with E-state index >= 15 is 0 Å². The Morgan fingerprint density at radius 1 is 0.931 bits per heavy atom. The summed E-state index contributed by atoms with van der Waals surface area (Å²) in [4.78, 5) is 23.8. The van der Waals surface area contributed by atoms with Crippen LogP contribution in [0.15, 0.2) is 53.4 Å². The Bertz CT molecular complexity index is 926. The van der Waals surface area contributed by atoms with Crippen molar-refractivity contribution in [1.82, 2.24) is 4.72 Å². The number of hydrogen-bond donors (Lipinski definition) is 3. The van der Waals surface area contributed by atoms with E-state index in [1.165, 1.54) is 24.3 Å². The van der Waals surface area contributed by atoms with Crippen LogP contribution in [-0.4, -0.2) is 40.5 Å². The molecule has 0 heterocycles. The molecule has 0 radical (unpaired) electrons. The summed E-state index contributed by atoms with van der Waals surface area (Å²) in [6.07, 6.45) is 0.946. The molecule has 0 unspecified atom stereocenters. The third-order valence-corrected chi connectivity index (χ3v) is 5.47. The maximum Gasteiger partial charge on any atom is 0.255 e. The van der Waals surface area contributed by atoms with Crippen LogP contribution in [0.5, 0.6) is 0 Å². The summed E-state index contributed by atoms with van der Waals surface area (Å²) in [5, 5.41) is 5.42. The molecule has 0 bridgehead atoms. The molecule has 2 rings (SSSR count). The number of amides is 2. The standard InChI is InChI=1S/C20H25N3O5S/c1-3-19(24)22-16-7-5-15(6-8-16)20(25)23-17-9-11-18(12-10-17)29(26,27)21-13-4-14-28-2/h5-12,21H,3-4,13-14H2,1-2H3,(H,22,24)(H,23,25). The Balaban J connectivity index is 1.96. The average molecular weight is 420 g/mol. The zero-order valence-electron chi connectivity index (χ0n) is 16.4. The molecule has 0 saturated heterocycles. The summed E-state index contributed by atoms with van der Waals surface area (Å²) in [5.41, 5.74) is 1.49. The molecule has 2 aromatic rings. The van der Waals surface area contributed by atoms with Gasteiger partial charge in [-0.3, -0.25) is 9.59 Å². The Morgan fingerprint density at radius 3 is 2.10 bits per heavy atom. The van der Waals surface area contributed by atoms with Crippen molar-refractivity contribution in [2.24, 2.45) is 0 Å². The second kappa shape index (κ2) is 10.7. The van der Waals surface area contributed by atoms with Gasteiger partial charge in [-0.15, -0.1) is 0 Å². The molecule has 0 saturated carbocycles. The minimum atomic E-state index is -3.61. The van der Waals surface area contributed by atoms with Gasteiger partial charge in [0.25, 0.3) is 5.91 Å². The number of carbonyl (C=O) groups excluding carboxylic acids is 2. The van der Waals surface area contributed by atoms with Gasteiger partial charge in [0, 0.05) is 43.6 Å². The number of anilines is 2. The molecule has 9 heteroatoms. The van der Waals surface area contributed by atoms with Gasteiger partial charge in [-0.2, -0.15) is 0 Å². The van der Waals surface area contributed by atoms with Gasteiger partial charge in [-0.25, -0.2) is 13.1 Å². The predicted molar refractivity (Wildman–Crippen MR) is 111 cm³/mol. The van der Waals surface area contributed by atoms with E-state index < -0.39 is 10.0 Å². The van der Waals surface area contributed by atoms with Crippen molar-refractivity contribution in [3.8, 4) is 0 Å². The van der Waals surface area contributed by atoms with E-state index in [1.807, 2.05) is 0 Å². The van der Waals surface area contributed by atoms with Gasteiger partial charge < -0.3 is 15.4 Å². The van der Waals surface area contributed by atoms with Crippen molar-refractivity contribution >= 4 is 33.2 Å². The van der Waals surface area contributed by atoms with E-state index in [1.54, 1.807) is 38.3 Å². The largest absolute Gasteiger partial charge is 0.385 e. The van der Waals surface area contributed by atoms with Gasteiger partial charge in [0.2, 0.25) is 15.9 Å². The molecular formula is C20H25N3O5S. The van der Waals surface area contributed by atoms with Gasteiger partial charge in [0.15, 0.2) is 0 Å². The van der Waals surface area contributed by atoms with E-state index in [0.717, 1.165) is 0 Å². The molecule has 0 aliphatic carbocycles. The molecule has 8 nitrogen and oxygen atoms in total. The van der Waals surface area contributed by atoms with Crippen molar-refractivity contribution in [3.63, 3.8) is 0 Å². The molecule has 0 atom stereocenters. The first-order chi connectivity index (χ1) is 13.9. The topological polar surface area (TPSA) is 114 Å². The lowest BCUT2D eigenvalue weighted by Gasteiger charge is -2.09. The number of carbonyl (C=O) groups is 2. The highest BCUT2D eigenvalue weighted by molar-refractivity contribution is 7.89. The molecule has 2 amide bonds. The highest BCUT2D eigenvalue weighted by Gasteiger charge is 2.13. The zero-order chi connectivity index (χ0) is 21.3. The number of methoxy groups -OCH3 is 1. The SMILES string of the molecule is CCC(=O)Nc1ccc(C(=O)Nc2ccc(S(=O)(=O)NCCCOC)cc2)cc1. The Morgan fingerprint density at radius 2 is 1.52 bits per heavy atom. The van der Waals surface area contributed by atoms with E-state index in [-0.39, 0.29) is 23.3 Å². The maximum atomic E-state index is 12.3. The number of benzene rings is 2. The van der Waals surface area contributed by atoms with Crippen LogP contribution in [0.1, 0.15) is 30.1 Å². The Hall–Kier alpha value is -2.75. The highest BCUT2D eigenvalue weighted by atomic mass is 32.2. The summed E-state index contributed by atoms with van der Waals surface area (Å²) in [7, 11) is -2.05. The molecular weight excluding hydrogens is 394 g/mol. The first-order valence-electron chi connectivity index (χ1n) is 9.15. The van der Waals surface area contributed by atoms with Crippen LogP contribution in [-0.2, 0) is 19.6 Å². The molecule has 3 N–H and O–H groups in total. The molecule has 0 fully saturated rings. The highest BCUT2D eigenvalue weighted by Crippen LogP contribution is 2.16. The predicted octanol–water partition coefficient (Wildman–Crippen LogP) is 2.60. The number of ether oxygens (including phenoxy) is 1. The molecule has 29 heavy (non-hydrogen) atoms. The van der Waals surface area contributed by atoms with Gasteiger partial charge in [-0.05, 0) is 55.0 Å². The normalized spacial score (nSPS) is 11.1. The van der Waals surface area contributed by atoms with Crippen molar-refractivity contribution in [1.29, 1.82) is 0 Å². The minimum absolute atomic E-state index is 0.106. The molecule has 0 aliphatic rings. The van der Waals surface area contributed by atoms with Crippen LogP contribution in [0.3, 0.4) is 0 Å². The van der Waals surface area contributed by atoms with E-state index in [0.29, 0.717) is 36.4 Å². The fourth-order valence-corrected chi connectivity index (χ4v) is 3.46. The second-order valence-corrected chi connectivity index (χ2v) is 7.97. The fourth-order valence-electron chi connectivity index (χ4n) is 2.38.